The van der Waals surface area contributed by atoms with Crippen molar-refractivity contribution >= 4 is 23.3 Å². The van der Waals surface area contributed by atoms with Crippen molar-refractivity contribution in [1.29, 1.82) is 0 Å². The van der Waals surface area contributed by atoms with Gasteiger partial charge < -0.3 is 19.5 Å². The fourth-order valence-electron chi connectivity index (χ4n) is 2.96. The van der Waals surface area contributed by atoms with Crippen LogP contribution in [0.15, 0.2) is 36.4 Å². The Bertz CT molecular complexity index is 936. The van der Waals surface area contributed by atoms with E-state index >= 15 is 0 Å². The Balaban J connectivity index is 1.67. The molecule has 28 heavy (non-hydrogen) atoms. The number of carbonyl (C=O) groups is 3. The molecule has 0 aromatic heterocycles. The lowest BCUT2D eigenvalue weighted by Crippen LogP contribution is -2.14. The summed E-state index contributed by atoms with van der Waals surface area (Å²) in [6.45, 7) is 3.69. The summed E-state index contributed by atoms with van der Waals surface area (Å²) in [5, 5.41) is 2.75. The van der Waals surface area contributed by atoms with Gasteiger partial charge in [0.1, 0.15) is 0 Å². The van der Waals surface area contributed by atoms with Gasteiger partial charge in [-0.1, -0.05) is 0 Å². The number of esters is 1. The highest BCUT2D eigenvalue weighted by molar-refractivity contribution is 6.05. The number of ether oxygens (including phenoxy) is 3. The van der Waals surface area contributed by atoms with E-state index in [-0.39, 0.29) is 23.2 Å². The fourth-order valence-corrected chi connectivity index (χ4v) is 2.96. The van der Waals surface area contributed by atoms with Gasteiger partial charge in [-0.25, -0.2) is 4.79 Å². The van der Waals surface area contributed by atoms with E-state index in [1.807, 2.05) is 6.92 Å². The number of amides is 1. The van der Waals surface area contributed by atoms with Gasteiger partial charge in [0.05, 0.1) is 25.2 Å². The Morgan fingerprint density at radius 3 is 2.54 bits per heavy atom. The molecule has 3 rings (SSSR count). The second-order valence-electron chi connectivity index (χ2n) is 6.31. The minimum Gasteiger partial charge on any atom is -0.493 e. The van der Waals surface area contributed by atoms with Crippen molar-refractivity contribution in [2.24, 2.45) is 0 Å². The SMILES string of the molecule is CCOc1ccc(C(=O)OCC(=O)c2ccc3c(c2)[C@H](C)C(=O)N3)cc1OC. The quantitative estimate of drug-likeness (QED) is 0.583. The molecule has 1 amide bonds. The fraction of sp³-hybridized carbons (Fsp3) is 0.286. The van der Waals surface area contributed by atoms with Crippen LogP contribution in [0, 0.1) is 0 Å². The maximum atomic E-state index is 12.4. The zero-order chi connectivity index (χ0) is 20.3. The van der Waals surface area contributed by atoms with Crippen molar-refractivity contribution in [2.75, 3.05) is 25.6 Å². The van der Waals surface area contributed by atoms with Gasteiger partial charge in [0.25, 0.3) is 0 Å². The van der Waals surface area contributed by atoms with Crippen LogP contribution in [0.4, 0.5) is 5.69 Å². The van der Waals surface area contributed by atoms with Crippen LogP contribution >= 0.6 is 0 Å². The number of carbonyl (C=O) groups excluding carboxylic acids is 3. The predicted molar refractivity (Wildman–Crippen MR) is 102 cm³/mol. The van der Waals surface area contributed by atoms with Crippen molar-refractivity contribution in [2.45, 2.75) is 19.8 Å². The summed E-state index contributed by atoms with van der Waals surface area (Å²) in [7, 11) is 1.48. The molecule has 7 heteroatoms. The highest BCUT2D eigenvalue weighted by Gasteiger charge is 2.27. The highest BCUT2D eigenvalue weighted by Crippen LogP contribution is 2.33. The van der Waals surface area contributed by atoms with E-state index < -0.39 is 12.6 Å². The van der Waals surface area contributed by atoms with E-state index in [0.717, 1.165) is 5.56 Å². The molecule has 0 fully saturated rings. The van der Waals surface area contributed by atoms with Gasteiger partial charge in [0.2, 0.25) is 5.91 Å². The smallest absolute Gasteiger partial charge is 0.338 e. The molecule has 1 aliphatic rings. The summed E-state index contributed by atoms with van der Waals surface area (Å²) in [4.78, 5) is 36.4. The van der Waals surface area contributed by atoms with Crippen LogP contribution in [0.5, 0.6) is 11.5 Å². The molecular weight excluding hydrogens is 362 g/mol. The number of fused-ring (bicyclic) bond motifs is 1. The first-order valence-corrected chi connectivity index (χ1v) is 8.90. The van der Waals surface area contributed by atoms with E-state index in [0.29, 0.717) is 29.4 Å². The first kappa shape index (κ1) is 19.4. The molecule has 1 heterocycles. The van der Waals surface area contributed by atoms with Crippen LogP contribution in [0.1, 0.15) is 46.0 Å². The third kappa shape index (κ3) is 3.83. The lowest BCUT2D eigenvalue weighted by atomic mass is 9.99. The number of benzene rings is 2. The number of hydrogen-bond acceptors (Lipinski definition) is 6. The lowest BCUT2D eigenvalue weighted by Gasteiger charge is -2.11. The first-order valence-electron chi connectivity index (χ1n) is 8.90. The molecule has 2 aromatic carbocycles. The molecule has 2 aromatic rings. The molecule has 0 saturated carbocycles. The van der Waals surface area contributed by atoms with Crippen molar-refractivity contribution in [3.05, 3.63) is 53.1 Å². The summed E-state index contributed by atoms with van der Waals surface area (Å²) in [5.41, 5.74) is 2.11. The first-order chi connectivity index (χ1) is 13.4. The number of ketones is 1. The number of hydrogen-bond donors (Lipinski definition) is 1. The molecule has 7 nitrogen and oxygen atoms in total. The molecule has 0 bridgehead atoms. The van der Waals surface area contributed by atoms with Crippen LogP contribution in [-0.4, -0.2) is 38.0 Å². The van der Waals surface area contributed by atoms with Gasteiger partial charge in [0, 0.05) is 11.3 Å². The number of nitrogens with one attached hydrogen (secondary N) is 1. The number of anilines is 1. The van der Waals surface area contributed by atoms with Crippen molar-refractivity contribution in [3.8, 4) is 11.5 Å². The van der Waals surface area contributed by atoms with E-state index in [2.05, 4.69) is 5.32 Å². The molecule has 0 spiro atoms. The zero-order valence-electron chi connectivity index (χ0n) is 15.9. The van der Waals surface area contributed by atoms with Gasteiger partial charge in [0.15, 0.2) is 23.9 Å². The topological polar surface area (TPSA) is 90.9 Å². The molecule has 0 saturated heterocycles. The van der Waals surface area contributed by atoms with E-state index in [9.17, 15) is 14.4 Å². The van der Waals surface area contributed by atoms with E-state index in [1.165, 1.54) is 13.2 Å². The maximum Gasteiger partial charge on any atom is 0.338 e. The minimum absolute atomic E-state index is 0.101. The number of Topliss-reactive ketones (excluding diaryl/α,β-unsaturated/α-hetero) is 1. The average Bonchev–Trinajstić information content (AvgIpc) is 2.99. The summed E-state index contributed by atoms with van der Waals surface area (Å²) >= 11 is 0. The van der Waals surface area contributed by atoms with Gasteiger partial charge in [-0.15, -0.1) is 0 Å². The summed E-state index contributed by atoms with van der Waals surface area (Å²) < 4.78 is 15.8. The standard InChI is InChI=1S/C21H21NO6/c1-4-27-18-8-6-14(10-19(18)26-3)21(25)28-11-17(23)13-5-7-16-15(9-13)12(2)20(24)22-16/h5-10,12H,4,11H2,1-3H3,(H,22,24)/t12-/m0/s1. The largest absolute Gasteiger partial charge is 0.493 e. The van der Waals surface area contributed by atoms with Crippen molar-refractivity contribution < 1.29 is 28.6 Å². The van der Waals surface area contributed by atoms with Crippen LogP contribution in [-0.2, 0) is 9.53 Å². The summed E-state index contributed by atoms with van der Waals surface area (Å²) in [6, 6.07) is 9.62. The van der Waals surface area contributed by atoms with Crippen molar-refractivity contribution in [1.82, 2.24) is 0 Å². The average molecular weight is 383 g/mol. The van der Waals surface area contributed by atoms with Crippen molar-refractivity contribution in [3.63, 3.8) is 0 Å². The normalized spacial score (nSPS) is 14.8. The van der Waals surface area contributed by atoms with Crippen LogP contribution in [0.25, 0.3) is 0 Å². The third-order valence-corrected chi connectivity index (χ3v) is 4.52. The monoisotopic (exact) mass is 383 g/mol. The predicted octanol–water partition coefficient (Wildman–Crippen LogP) is 3.19. The molecule has 0 aliphatic carbocycles. The Kier molecular flexibility index (Phi) is 5.63. The van der Waals surface area contributed by atoms with Gasteiger partial charge in [-0.3, -0.25) is 9.59 Å². The second-order valence-corrected chi connectivity index (χ2v) is 6.31. The van der Waals surface area contributed by atoms with Gasteiger partial charge in [-0.2, -0.15) is 0 Å². The number of methoxy groups -OCH3 is 1. The van der Waals surface area contributed by atoms with E-state index in [1.54, 1.807) is 37.3 Å². The third-order valence-electron chi connectivity index (χ3n) is 4.52. The Hall–Kier alpha value is -3.35. The maximum absolute atomic E-state index is 12.4. The molecule has 1 N–H and O–H groups in total. The lowest BCUT2D eigenvalue weighted by molar-refractivity contribution is -0.116. The minimum atomic E-state index is -0.638. The number of rotatable bonds is 7. The highest BCUT2D eigenvalue weighted by atomic mass is 16.5. The summed E-state index contributed by atoms with van der Waals surface area (Å²) in [6.07, 6.45) is 0. The summed E-state index contributed by atoms with van der Waals surface area (Å²) in [5.74, 6) is -0.473. The second kappa shape index (κ2) is 8.12. The van der Waals surface area contributed by atoms with Gasteiger partial charge in [-0.05, 0) is 55.8 Å². The molecule has 0 unspecified atom stereocenters. The molecule has 1 atom stereocenters. The molecule has 146 valence electrons. The molecule has 1 aliphatic heterocycles. The molecule has 0 radical (unpaired) electrons. The van der Waals surface area contributed by atoms with Gasteiger partial charge >= 0.3 is 5.97 Å². The van der Waals surface area contributed by atoms with E-state index in [4.69, 9.17) is 14.2 Å². The Morgan fingerprint density at radius 1 is 1.07 bits per heavy atom. The molecular formula is C21H21NO6. The van der Waals surface area contributed by atoms with Crippen LogP contribution < -0.4 is 14.8 Å². The van der Waals surface area contributed by atoms with Crippen LogP contribution in [0.3, 0.4) is 0 Å². The van der Waals surface area contributed by atoms with Crippen LogP contribution in [0.2, 0.25) is 0 Å². The Morgan fingerprint density at radius 2 is 1.82 bits per heavy atom. The Labute approximate surface area is 162 Å². The zero-order valence-corrected chi connectivity index (χ0v) is 15.9.